The van der Waals surface area contributed by atoms with Crippen LogP contribution in [0.1, 0.15) is 33.6 Å². The molecule has 1 atom stereocenters. The normalized spacial score (nSPS) is 16.8. The number of benzene rings is 1. The average molecular weight is 320 g/mol. The molecular weight excluding hydrogens is 300 g/mol. The highest BCUT2D eigenvalue weighted by Gasteiger charge is 2.26. The Morgan fingerprint density at radius 3 is 2.70 bits per heavy atom. The summed E-state index contributed by atoms with van der Waals surface area (Å²) in [5.41, 5.74) is 0.366. The summed E-state index contributed by atoms with van der Waals surface area (Å²) in [7, 11) is 0. The van der Waals surface area contributed by atoms with E-state index in [2.05, 4.69) is 10.6 Å². The molecule has 23 heavy (non-hydrogen) atoms. The molecule has 1 aromatic carbocycles. The largest absolute Gasteiger partial charge is 0.481 e. The molecule has 0 aromatic heterocycles. The van der Waals surface area contributed by atoms with Crippen LogP contribution < -0.4 is 15.4 Å². The molecule has 1 aromatic rings. The molecule has 2 rings (SSSR count). The number of carbonyl (C=O) groups is 3. The fourth-order valence-electron chi connectivity index (χ4n) is 2.40. The molecule has 1 heterocycles. The number of amides is 2. The van der Waals surface area contributed by atoms with E-state index in [0.717, 1.165) is 0 Å². The maximum atomic E-state index is 12.1. The van der Waals surface area contributed by atoms with E-state index in [1.54, 1.807) is 39.0 Å². The van der Waals surface area contributed by atoms with Crippen LogP contribution in [0.4, 0.5) is 11.4 Å². The first-order valence-electron chi connectivity index (χ1n) is 7.29. The number of hydrogen-bond acceptors (Lipinski definition) is 4. The van der Waals surface area contributed by atoms with E-state index in [1.807, 2.05) is 0 Å². The van der Waals surface area contributed by atoms with E-state index >= 15 is 0 Å². The van der Waals surface area contributed by atoms with Crippen molar-refractivity contribution in [3.63, 3.8) is 0 Å². The van der Waals surface area contributed by atoms with Crippen LogP contribution in [0, 0.1) is 5.41 Å². The topological polar surface area (TPSA) is 105 Å². The van der Waals surface area contributed by atoms with E-state index in [0.29, 0.717) is 17.1 Å². The predicted octanol–water partition coefficient (Wildman–Crippen LogP) is 2.24. The maximum absolute atomic E-state index is 12.1. The van der Waals surface area contributed by atoms with Gasteiger partial charge in [-0.2, -0.15) is 0 Å². The van der Waals surface area contributed by atoms with E-state index < -0.39 is 17.5 Å². The molecule has 0 bridgehead atoms. The number of carboxylic acids is 1. The number of fused-ring (bicyclic) bond motifs is 1. The lowest BCUT2D eigenvalue weighted by Crippen LogP contribution is -2.34. The number of nitrogens with one attached hydrogen (secondary N) is 2. The highest BCUT2D eigenvalue weighted by Crippen LogP contribution is 2.32. The van der Waals surface area contributed by atoms with E-state index in [1.165, 1.54) is 0 Å². The quantitative estimate of drug-likeness (QED) is 0.771. The van der Waals surface area contributed by atoms with Crippen molar-refractivity contribution in [3.8, 4) is 5.75 Å². The van der Waals surface area contributed by atoms with Crippen molar-refractivity contribution < 1.29 is 24.2 Å². The van der Waals surface area contributed by atoms with Gasteiger partial charge in [-0.25, -0.2) is 0 Å². The van der Waals surface area contributed by atoms with Crippen molar-refractivity contribution in [2.45, 2.75) is 39.7 Å². The summed E-state index contributed by atoms with van der Waals surface area (Å²) in [6, 6.07) is 4.95. The van der Waals surface area contributed by atoms with Crippen molar-refractivity contribution in [2.24, 2.45) is 5.41 Å². The number of carbonyl (C=O) groups excluding carboxylic acids is 2. The first-order valence-corrected chi connectivity index (χ1v) is 7.29. The summed E-state index contributed by atoms with van der Waals surface area (Å²) >= 11 is 0. The molecule has 1 aliphatic heterocycles. The van der Waals surface area contributed by atoms with Gasteiger partial charge in [0.15, 0.2) is 6.10 Å². The lowest BCUT2D eigenvalue weighted by atomic mass is 9.85. The Kier molecular flexibility index (Phi) is 4.58. The van der Waals surface area contributed by atoms with Gasteiger partial charge in [0.2, 0.25) is 5.91 Å². The van der Waals surface area contributed by atoms with E-state index in [-0.39, 0.29) is 24.7 Å². The second-order valence-corrected chi connectivity index (χ2v) is 6.42. The van der Waals surface area contributed by atoms with Crippen molar-refractivity contribution in [1.29, 1.82) is 0 Å². The molecule has 0 radical (unpaired) electrons. The smallest absolute Gasteiger partial charge is 0.303 e. The van der Waals surface area contributed by atoms with Crippen LogP contribution in [0.15, 0.2) is 18.2 Å². The van der Waals surface area contributed by atoms with Crippen molar-refractivity contribution in [2.75, 3.05) is 10.6 Å². The molecule has 124 valence electrons. The Labute approximate surface area is 134 Å². The fraction of sp³-hybridized carbons (Fsp3) is 0.438. The molecule has 7 heteroatoms. The van der Waals surface area contributed by atoms with Gasteiger partial charge in [0.05, 0.1) is 12.1 Å². The van der Waals surface area contributed by atoms with Gasteiger partial charge >= 0.3 is 5.97 Å². The Morgan fingerprint density at radius 1 is 1.35 bits per heavy atom. The maximum Gasteiger partial charge on any atom is 0.303 e. The molecule has 2 amide bonds. The van der Waals surface area contributed by atoms with Crippen molar-refractivity contribution in [1.82, 2.24) is 0 Å². The lowest BCUT2D eigenvalue weighted by Gasteiger charge is -2.24. The second kappa shape index (κ2) is 6.28. The number of anilines is 2. The first-order chi connectivity index (χ1) is 10.7. The molecular formula is C16H20N2O5. The zero-order valence-corrected chi connectivity index (χ0v) is 13.3. The third-order valence-corrected chi connectivity index (χ3v) is 3.46. The molecule has 1 unspecified atom stereocenters. The van der Waals surface area contributed by atoms with Gasteiger partial charge in [-0.3, -0.25) is 14.4 Å². The van der Waals surface area contributed by atoms with Crippen LogP contribution in [0.2, 0.25) is 0 Å². The van der Waals surface area contributed by atoms with Crippen LogP contribution in [0.5, 0.6) is 5.75 Å². The minimum atomic E-state index is -0.939. The summed E-state index contributed by atoms with van der Waals surface area (Å²) < 4.78 is 5.44. The Morgan fingerprint density at radius 2 is 2.04 bits per heavy atom. The molecule has 0 saturated carbocycles. The van der Waals surface area contributed by atoms with Crippen molar-refractivity contribution >= 4 is 29.2 Å². The van der Waals surface area contributed by atoms with Gasteiger partial charge in [-0.15, -0.1) is 0 Å². The number of rotatable bonds is 5. The number of ether oxygens (including phenoxy) is 1. The zero-order chi connectivity index (χ0) is 17.2. The molecule has 0 aliphatic carbocycles. The van der Waals surface area contributed by atoms with Gasteiger partial charge in [-0.05, 0) is 30.5 Å². The third kappa shape index (κ3) is 4.45. The van der Waals surface area contributed by atoms with Gasteiger partial charge in [0.1, 0.15) is 5.75 Å². The first kappa shape index (κ1) is 16.8. The van der Waals surface area contributed by atoms with Gasteiger partial charge < -0.3 is 20.5 Å². The van der Waals surface area contributed by atoms with Gasteiger partial charge in [0.25, 0.3) is 5.91 Å². The standard InChI is InChI=1S/C16H20N2O5/c1-9-15(22)18-11-6-10(4-5-12(11)23-9)17-13(19)7-16(2,3)8-14(20)21/h4-6,9H,7-8H2,1-3H3,(H,17,19)(H,18,22)(H,20,21). The van der Waals surface area contributed by atoms with Crippen LogP contribution >= 0.6 is 0 Å². The molecule has 1 aliphatic rings. The lowest BCUT2D eigenvalue weighted by molar-refractivity contribution is -0.139. The van der Waals surface area contributed by atoms with Crippen LogP contribution in [0.3, 0.4) is 0 Å². The van der Waals surface area contributed by atoms with Crippen molar-refractivity contribution in [3.05, 3.63) is 18.2 Å². The SMILES string of the molecule is CC1Oc2ccc(NC(=O)CC(C)(C)CC(=O)O)cc2NC1=O. The molecule has 7 nitrogen and oxygen atoms in total. The summed E-state index contributed by atoms with van der Waals surface area (Å²) in [6.45, 7) is 5.10. The second-order valence-electron chi connectivity index (χ2n) is 6.42. The predicted molar refractivity (Wildman–Crippen MR) is 84.4 cm³/mol. The molecule has 0 spiro atoms. The van der Waals surface area contributed by atoms with E-state index in [9.17, 15) is 14.4 Å². The Balaban J connectivity index is 2.04. The monoisotopic (exact) mass is 320 g/mol. The zero-order valence-electron chi connectivity index (χ0n) is 13.3. The number of aliphatic carboxylic acids is 1. The summed E-state index contributed by atoms with van der Waals surface area (Å²) in [5.74, 6) is -0.928. The van der Waals surface area contributed by atoms with E-state index in [4.69, 9.17) is 9.84 Å². The average Bonchev–Trinajstić information content (AvgIpc) is 2.37. The van der Waals surface area contributed by atoms with Gasteiger partial charge in [0, 0.05) is 12.1 Å². The van der Waals surface area contributed by atoms with Crippen LogP contribution in [0.25, 0.3) is 0 Å². The van der Waals surface area contributed by atoms with Gasteiger partial charge in [-0.1, -0.05) is 13.8 Å². The minimum absolute atomic E-state index is 0.0796. The Bertz CT molecular complexity index is 654. The Hall–Kier alpha value is -2.57. The fourth-order valence-corrected chi connectivity index (χ4v) is 2.40. The van der Waals surface area contributed by atoms with Crippen LogP contribution in [-0.4, -0.2) is 29.0 Å². The molecule has 3 N–H and O–H groups in total. The summed E-state index contributed by atoms with van der Waals surface area (Å²) in [4.78, 5) is 34.5. The number of hydrogen-bond donors (Lipinski definition) is 3. The minimum Gasteiger partial charge on any atom is -0.481 e. The molecule has 0 fully saturated rings. The molecule has 0 saturated heterocycles. The third-order valence-electron chi connectivity index (χ3n) is 3.46. The highest BCUT2D eigenvalue weighted by atomic mass is 16.5. The van der Waals surface area contributed by atoms with Crippen LogP contribution in [-0.2, 0) is 14.4 Å². The number of carboxylic acid groups (broad SMARTS) is 1. The summed E-state index contributed by atoms with van der Waals surface area (Å²) in [5, 5.41) is 14.3. The summed E-state index contributed by atoms with van der Waals surface area (Å²) in [6.07, 6.45) is -0.567. The highest BCUT2D eigenvalue weighted by molar-refractivity contribution is 5.99.